The van der Waals surface area contributed by atoms with E-state index in [1.165, 1.54) is 55.6 Å². The second-order valence-electron chi connectivity index (χ2n) is 8.12. The van der Waals surface area contributed by atoms with Gasteiger partial charge in [0.1, 0.15) is 23.0 Å². The van der Waals surface area contributed by atoms with Crippen LogP contribution in [0.25, 0.3) is 0 Å². The molecule has 0 saturated heterocycles. The zero-order valence-corrected chi connectivity index (χ0v) is 22.2. The second-order valence-corrected chi connectivity index (χ2v) is 12.0. The summed E-state index contributed by atoms with van der Waals surface area (Å²) >= 11 is 0. The van der Waals surface area contributed by atoms with Crippen molar-refractivity contribution in [3.05, 3.63) is 110 Å². The van der Waals surface area contributed by atoms with Gasteiger partial charge < -0.3 is 14.2 Å². The van der Waals surface area contributed by atoms with E-state index in [-0.39, 0.29) is 19.6 Å². The molecule has 0 amide bonds. The summed E-state index contributed by atoms with van der Waals surface area (Å²) in [7, 11) is -5.92. The van der Waals surface area contributed by atoms with Crippen molar-refractivity contribution < 1.29 is 31.0 Å². The molecule has 0 atom stereocenters. The molecule has 7 nitrogen and oxygen atoms in total. The maximum atomic E-state index is 13.0. The molecule has 0 aliphatic heterocycles. The third-order valence-corrected chi connectivity index (χ3v) is 9.17. The summed E-state index contributed by atoms with van der Waals surface area (Å²) in [6.45, 7) is 4.11. The predicted molar refractivity (Wildman–Crippen MR) is 144 cm³/mol. The molecule has 0 bridgehead atoms. The van der Waals surface area contributed by atoms with Crippen molar-refractivity contribution in [1.82, 2.24) is 0 Å². The van der Waals surface area contributed by atoms with E-state index in [2.05, 4.69) is 6.58 Å². The Balaban J connectivity index is 1.44. The number of hydrogen-bond acceptors (Lipinski definition) is 7. The molecule has 38 heavy (non-hydrogen) atoms. The average Bonchev–Trinajstić information content (AvgIpc) is 2.94. The zero-order valence-electron chi connectivity index (χ0n) is 20.6. The van der Waals surface area contributed by atoms with Crippen LogP contribution in [0, 0.1) is 0 Å². The van der Waals surface area contributed by atoms with Gasteiger partial charge in [-0.25, -0.2) is 16.8 Å². The van der Waals surface area contributed by atoms with E-state index < -0.39 is 19.7 Å². The van der Waals surface area contributed by atoms with Gasteiger partial charge in [0.15, 0.2) is 0 Å². The van der Waals surface area contributed by atoms with E-state index in [4.69, 9.17) is 14.2 Å². The minimum Gasteiger partial charge on any atom is -0.497 e. The van der Waals surface area contributed by atoms with Crippen LogP contribution in [0.1, 0.15) is 6.42 Å². The van der Waals surface area contributed by atoms with Gasteiger partial charge in [-0.05, 0) is 103 Å². The summed E-state index contributed by atoms with van der Waals surface area (Å²) in [6.07, 6.45) is 2.44. The van der Waals surface area contributed by atoms with Crippen LogP contribution in [0.4, 0.5) is 0 Å². The third kappa shape index (κ3) is 6.07. The summed E-state index contributed by atoms with van der Waals surface area (Å²) in [4.78, 5) is 0.536. The Kier molecular flexibility index (Phi) is 8.19. The molecule has 0 fully saturated rings. The molecule has 4 aromatic carbocycles. The van der Waals surface area contributed by atoms with Gasteiger partial charge in [-0.3, -0.25) is 0 Å². The summed E-state index contributed by atoms with van der Waals surface area (Å²) in [5.74, 6) is 1.95. The van der Waals surface area contributed by atoms with Gasteiger partial charge in [-0.1, -0.05) is 6.08 Å². The van der Waals surface area contributed by atoms with Crippen molar-refractivity contribution >= 4 is 19.7 Å². The number of benzene rings is 4. The highest BCUT2D eigenvalue weighted by Gasteiger charge is 2.19. The van der Waals surface area contributed by atoms with E-state index in [1.54, 1.807) is 54.6 Å². The lowest BCUT2D eigenvalue weighted by atomic mass is 10.3. The van der Waals surface area contributed by atoms with Gasteiger partial charge in [-0.2, -0.15) is 0 Å². The number of rotatable bonds is 11. The van der Waals surface area contributed by atoms with Crippen LogP contribution in [-0.2, 0) is 19.7 Å². The molecule has 0 saturated carbocycles. The fraction of sp³-hybridized carbons (Fsp3) is 0.103. The predicted octanol–water partition coefficient (Wildman–Crippen LogP) is 6.11. The lowest BCUT2D eigenvalue weighted by Gasteiger charge is -2.10. The van der Waals surface area contributed by atoms with E-state index in [0.717, 1.165) is 0 Å². The van der Waals surface area contributed by atoms with Crippen LogP contribution < -0.4 is 14.2 Å². The fourth-order valence-electron chi connectivity index (χ4n) is 3.51. The van der Waals surface area contributed by atoms with Crippen LogP contribution in [0.15, 0.2) is 129 Å². The maximum Gasteiger partial charge on any atom is 0.206 e. The molecule has 196 valence electrons. The van der Waals surface area contributed by atoms with Crippen LogP contribution >= 0.6 is 0 Å². The Morgan fingerprint density at radius 3 is 1.26 bits per heavy atom. The van der Waals surface area contributed by atoms with Crippen molar-refractivity contribution in [2.75, 3.05) is 13.7 Å². The van der Waals surface area contributed by atoms with E-state index in [1.807, 2.05) is 0 Å². The van der Waals surface area contributed by atoms with Gasteiger partial charge in [-0.15, -0.1) is 6.58 Å². The topological polar surface area (TPSA) is 96.0 Å². The van der Waals surface area contributed by atoms with Crippen LogP contribution in [-0.4, -0.2) is 30.6 Å². The molecular formula is C29H26O7S2. The summed E-state index contributed by atoms with van der Waals surface area (Å²) in [5.41, 5.74) is 0. The summed E-state index contributed by atoms with van der Waals surface area (Å²) in [6, 6.07) is 24.4. The van der Waals surface area contributed by atoms with Crippen molar-refractivity contribution in [3.8, 4) is 23.0 Å². The first-order valence-corrected chi connectivity index (χ1v) is 14.6. The van der Waals surface area contributed by atoms with Crippen molar-refractivity contribution in [2.45, 2.75) is 26.0 Å². The smallest absolute Gasteiger partial charge is 0.206 e. The molecule has 0 spiro atoms. The monoisotopic (exact) mass is 550 g/mol. The van der Waals surface area contributed by atoms with Crippen LogP contribution in [0.2, 0.25) is 0 Å². The molecule has 0 aliphatic carbocycles. The molecule has 0 aliphatic rings. The molecule has 0 unspecified atom stereocenters. The van der Waals surface area contributed by atoms with Crippen LogP contribution in [0.3, 0.4) is 0 Å². The highest BCUT2D eigenvalue weighted by Crippen LogP contribution is 2.29. The van der Waals surface area contributed by atoms with E-state index >= 15 is 0 Å². The quantitative estimate of drug-likeness (QED) is 0.164. The average molecular weight is 551 g/mol. The molecule has 0 N–H and O–H groups in total. The number of hydrogen-bond donors (Lipinski definition) is 0. The van der Waals surface area contributed by atoms with Gasteiger partial charge in [0.2, 0.25) is 19.7 Å². The van der Waals surface area contributed by atoms with Crippen molar-refractivity contribution in [3.63, 3.8) is 0 Å². The minimum absolute atomic E-state index is 0.117. The molecule has 0 aromatic heterocycles. The normalized spacial score (nSPS) is 11.5. The van der Waals surface area contributed by atoms with Crippen molar-refractivity contribution in [2.24, 2.45) is 0 Å². The maximum absolute atomic E-state index is 13.0. The highest BCUT2D eigenvalue weighted by molar-refractivity contribution is 7.91. The number of sulfone groups is 2. The first-order chi connectivity index (χ1) is 18.2. The Labute approximate surface area is 222 Å². The lowest BCUT2D eigenvalue weighted by molar-refractivity contribution is 0.325. The lowest BCUT2D eigenvalue weighted by Crippen LogP contribution is -2.02. The minimum atomic E-state index is -3.73. The molecule has 0 heterocycles. The van der Waals surface area contributed by atoms with Gasteiger partial charge in [0.05, 0.1) is 33.3 Å². The molecule has 0 radical (unpaired) electrons. The zero-order chi connectivity index (χ0) is 27.2. The first kappa shape index (κ1) is 27.0. The molecule has 4 aromatic rings. The number of methoxy groups -OCH3 is 1. The fourth-order valence-corrected chi connectivity index (χ4v) is 6.03. The Hall–Kier alpha value is -4.08. The third-order valence-electron chi connectivity index (χ3n) is 5.60. The molecule has 9 heteroatoms. The molecule has 4 rings (SSSR count). The SMILES string of the molecule is C=CCCOc1ccc(S(=O)(=O)c2ccc(Oc3ccc(S(=O)(=O)c4ccc(OC)cc4)cc3)cc2)cc1. The Bertz CT molecular complexity index is 1590. The summed E-state index contributed by atoms with van der Waals surface area (Å²) in [5, 5.41) is 0. The second kappa shape index (κ2) is 11.5. The Morgan fingerprint density at radius 1 is 0.579 bits per heavy atom. The first-order valence-electron chi connectivity index (χ1n) is 11.6. The van der Waals surface area contributed by atoms with Gasteiger partial charge in [0.25, 0.3) is 0 Å². The number of ether oxygens (including phenoxy) is 3. The summed E-state index contributed by atoms with van der Waals surface area (Å²) < 4.78 is 68.2. The standard InChI is InChI=1S/C29H26O7S2/c1-3-4-21-35-23-7-15-27(16-8-23)38(32,33)29-19-11-25(12-20-29)36-24-9-17-28(18-10-24)37(30,31)26-13-5-22(34-2)6-14-26/h3,5-20H,1,4,21H2,2H3. The van der Waals surface area contributed by atoms with Crippen LogP contribution in [0.5, 0.6) is 23.0 Å². The Morgan fingerprint density at radius 2 is 0.921 bits per heavy atom. The molecular weight excluding hydrogens is 524 g/mol. The van der Waals surface area contributed by atoms with E-state index in [0.29, 0.717) is 36.0 Å². The van der Waals surface area contributed by atoms with Gasteiger partial charge >= 0.3 is 0 Å². The van der Waals surface area contributed by atoms with Gasteiger partial charge in [0, 0.05) is 0 Å². The van der Waals surface area contributed by atoms with E-state index in [9.17, 15) is 16.8 Å². The highest BCUT2D eigenvalue weighted by atomic mass is 32.2. The largest absolute Gasteiger partial charge is 0.497 e. The van der Waals surface area contributed by atoms with Crippen molar-refractivity contribution in [1.29, 1.82) is 0 Å².